The van der Waals surface area contributed by atoms with Crippen LogP contribution < -0.4 is 10.6 Å². The van der Waals surface area contributed by atoms with Crippen LogP contribution in [0.3, 0.4) is 0 Å². The van der Waals surface area contributed by atoms with E-state index in [2.05, 4.69) is 52.0 Å². The van der Waals surface area contributed by atoms with Gasteiger partial charge in [-0.15, -0.1) is 23.1 Å². The zero-order chi connectivity index (χ0) is 16.6. The summed E-state index contributed by atoms with van der Waals surface area (Å²) in [6.07, 6.45) is 1.82. The Morgan fingerprint density at radius 2 is 1.88 bits per heavy atom. The van der Waals surface area contributed by atoms with Crippen LogP contribution in [0.1, 0.15) is 0 Å². The number of benzene rings is 2. The van der Waals surface area contributed by atoms with Gasteiger partial charge in [0.15, 0.2) is 5.11 Å². The summed E-state index contributed by atoms with van der Waals surface area (Å²) in [4.78, 5) is 5.58. The first-order chi connectivity index (χ1) is 11.8. The Morgan fingerprint density at radius 1 is 1.08 bits per heavy atom. The smallest absolute Gasteiger partial charge is 0.170 e. The van der Waals surface area contributed by atoms with Gasteiger partial charge in [-0.3, -0.25) is 0 Å². The third kappa shape index (κ3) is 5.06. The zero-order valence-corrected chi connectivity index (χ0v) is 15.4. The minimum absolute atomic E-state index is 0.644. The molecule has 3 aromatic rings. The highest BCUT2D eigenvalue weighted by molar-refractivity contribution is 7.99. The van der Waals surface area contributed by atoms with E-state index in [9.17, 15) is 0 Å². The van der Waals surface area contributed by atoms with Crippen molar-refractivity contribution in [3.05, 3.63) is 66.2 Å². The number of anilines is 1. The van der Waals surface area contributed by atoms with E-state index in [1.54, 1.807) is 11.3 Å². The number of aromatic nitrogens is 1. The molecule has 3 rings (SSSR count). The van der Waals surface area contributed by atoms with Gasteiger partial charge in [-0.2, -0.15) is 0 Å². The fourth-order valence-electron chi connectivity index (χ4n) is 2.09. The molecular formula is C18H17N3S3. The first-order valence-corrected chi connectivity index (χ1v) is 9.81. The summed E-state index contributed by atoms with van der Waals surface area (Å²) < 4.78 is 0. The molecule has 0 saturated heterocycles. The van der Waals surface area contributed by atoms with Gasteiger partial charge < -0.3 is 10.6 Å². The van der Waals surface area contributed by atoms with Crippen LogP contribution in [-0.2, 0) is 0 Å². The summed E-state index contributed by atoms with van der Waals surface area (Å²) in [7, 11) is 0. The molecule has 0 aliphatic heterocycles. The van der Waals surface area contributed by atoms with Crippen molar-refractivity contribution in [3.63, 3.8) is 0 Å². The second-order valence-corrected chi connectivity index (χ2v) is 7.43. The topological polar surface area (TPSA) is 37.0 Å². The lowest BCUT2D eigenvalue weighted by Crippen LogP contribution is -2.30. The minimum atomic E-state index is 0.644. The van der Waals surface area contributed by atoms with Crippen molar-refractivity contribution in [1.82, 2.24) is 10.3 Å². The van der Waals surface area contributed by atoms with Gasteiger partial charge in [0.05, 0.1) is 0 Å². The molecule has 2 aromatic carbocycles. The van der Waals surface area contributed by atoms with E-state index in [0.29, 0.717) is 5.11 Å². The maximum Gasteiger partial charge on any atom is 0.170 e. The quantitative estimate of drug-likeness (QED) is 0.367. The van der Waals surface area contributed by atoms with Crippen molar-refractivity contribution >= 4 is 46.1 Å². The first kappa shape index (κ1) is 17.0. The van der Waals surface area contributed by atoms with E-state index in [-0.39, 0.29) is 0 Å². The Hall–Kier alpha value is -1.89. The van der Waals surface area contributed by atoms with Crippen molar-refractivity contribution in [2.24, 2.45) is 0 Å². The van der Waals surface area contributed by atoms with Crippen molar-refractivity contribution in [2.75, 3.05) is 17.6 Å². The fraction of sp³-hybridized carbons (Fsp3) is 0.111. The van der Waals surface area contributed by atoms with Crippen LogP contribution in [0.15, 0.2) is 71.1 Å². The lowest BCUT2D eigenvalue weighted by Gasteiger charge is -2.10. The first-order valence-electron chi connectivity index (χ1n) is 7.54. The lowest BCUT2D eigenvalue weighted by molar-refractivity contribution is 0.990. The molecule has 6 heteroatoms. The molecule has 0 bridgehead atoms. The molecular weight excluding hydrogens is 354 g/mol. The fourth-order valence-corrected chi connectivity index (χ4v) is 3.74. The summed E-state index contributed by atoms with van der Waals surface area (Å²) in [5.41, 5.74) is 2.09. The van der Waals surface area contributed by atoms with Gasteiger partial charge in [-0.25, -0.2) is 4.98 Å². The van der Waals surface area contributed by atoms with Crippen LogP contribution in [0.5, 0.6) is 0 Å². The number of nitrogens with zero attached hydrogens (tertiary/aromatic N) is 1. The summed E-state index contributed by atoms with van der Waals surface area (Å²) >= 11 is 8.79. The second-order valence-electron chi connectivity index (χ2n) is 4.96. The van der Waals surface area contributed by atoms with Crippen molar-refractivity contribution in [2.45, 2.75) is 4.90 Å². The molecule has 0 aliphatic carbocycles. The third-order valence-corrected chi connectivity index (χ3v) is 5.30. The monoisotopic (exact) mass is 371 g/mol. The summed E-state index contributed by atoms with van der Waals surface area (Å²) in [6, 6.07) is 18.5. The highest BCUT2D eigenvalue weighted by Gasteiger charge is 2.02. The van der Waals surface area contributed by atoms with Crippen LogP contribution in [0.2, 0.25) is 0 Å². The largest absolute Gasteiger partial charge is 0.362 e. The third-order valence-electron chi connectivity index (χ3n) is 3.22. The van der Waals surface area contributed by atoms with E-state index in [1.807, 2.05) is 41.5 Å². The normalized spacial score (nSPS) is 10.3. The summed E-state index contributed by atoms with van der Waals surface area (Å²) in [6.45, 7) is 0.822. The maximum atomic E-state index is 5.34. The van der Waals surface area contributed by atoms with Gasteiger partial charge in [0.25, 0.3) is 0 Å². The lowest BCUT2D eigenvalue weighted by atomic mass is 10.2. The number of rotatable bonds is 6. The number of thiocarbonyl (C=S) groups is 1. The van der Waals surface area contributed by atoms with Gasteiger partial charge >= 0.3 is 0 Å². The zero-order valence-electron chi connectivity index (χ0n) is 12.9. The van der Waals surface area contributed by atoms with Crippen LogP contribution in [0.4, 0.5) is 5.69 Å². The van der Waals surface area contributed by atoms with Crippen LogP contribution in [0, 0.1) is 0 Å². The van der Waals surface area contributed by atoms with Gasteiger partial charge in [0.2, 0.25) is 0 Å². The second kappa shape index (κ2) is 8.82. The molecule has 3 nitrogen and oxygen atoms in total. The SMILES string of the molecule is S=C(NCCSc1ccccc1)Nc1ccc(-c2nccs2)cc1. The van der Waals surface area contributed by atoms with E-state index in [1.165, 1.54) is 4.90 Å². The number of thiazole rings is 1. The van der Waals surface area contributed by atoms with Crippen molar-refractivity contribution < 1.29 is 0 Å². The van der Waals surface area contributed by atoms with Crippen molar-refractivity contribution in [3.8, 4) is 10.6 Å². The molecule has 1 aromatic heterocycles. The molecule has 0 spiro atoms. The van der Waals surface area contributed by atoms with E-state index in [0.717, 1.165) is 28.6 Å². The Morgan fingerprint density at radius 3 is 2.58 bits per heavy atom. The van der Waals surface area contributed by atoms with Gasteiger partial charge in [0.1, 0.15) is 5.01 Å². The summed E-state index contributed by atoms with van der Waals surface area (Å²) in [5.74, 6) is 0.967. The molecule has 0 amide bonds. The number of nitrogens with one attached hydrogen (secondary N) is 2. The van der Waals surface area contributed by atoms with Gasteiger partial charge in [-0.1, -0.05) is 18.2 Å². The predicted molar refractivity (Wildman–Crippen MR) is 109 cm³/mol. The summed E-state index contributed by atoms with van der Waals surface area (Å²) in [5, 5.41) is 10.1. The standard InChI is InChI=1S/C18H17N3S3/c22-18(20-11-12-23-16-4-2-1-3-5-16)21-15-8-6-14(7-9-15)17-19-10-13-24-17/h1-10,13H,11-12H2,(H2,20,21,22). The van der Waals surface area contributed by atoms with E-state index < -0.39 is 0 Å². The molecule has 0 aliphatic rings. The van der Waals surface area contributed by atoms with Crippen LogP contribution in [0.25, 0.3) is 10.6 Å². The molecule has 0 fully saturated rings. The van der Waals surface area contributed by atoms with E-state index in [4.69, 9.17) is 12.2 Å². The molecule has 0 atom stereocenters. The molecule has 0 radical (unpaired) electrons. The predicted octanol–water partition coefficient (Wildman–Crippen LogP) is 4.89. The van der Waals surface area contributed by atoms with E-state index >= 15 is 0 Å². The Kier molecular flexibility index (Phi) is 6.23. The molecule has 0 unspecified atom stereocenters. The number of hydrogen-bond donors (Lipinski definition) is 2. The molecule has 1 heterocycles. The van der Waals surface area contributed by atoms with Crippen LogP contribution >= 0.6 is 35.3 Å². The van der Waals surface area contributed by atoms with Gasteiger partial charge in [0, 0.05) is 40.0 Å². The average Bonchev–Trinajstić information content (AvgIpc) is 3.15. The highest BCUT2D eigenvalue weighted by atomic mass is 32.2. The molecule has 24 heavy (non-hydrogen) atoms. The number of thioether (sulfide) groups is 1. The Bertz CT molecular complexity index is 756. The number of hydrogen-bond acceptors (Lipinski definition) is 4. The molecule has 122 valence electrons. The van der Waals surface area contributed by atoms with Crippen LogP contribution in [-0.4, -0.2) is 22.4 Å². The highest BCUT2D eigenvalue weighted by Crippen LogP contribution is 2.23. The van der Waals surface area contributed by atoms with Crippen molar-refractivity contribution in [1.29, 1.82) is 0 Å². The Balaban J connectivity index is 1.42. The van der Waals surface area contributed by atoms with Gasteiger partial charge in [-0.05, 0) is 48.6 Å². The molecule has 0 saturated carbocycles. The average molecular weight is 372 g/mol. The Labute approximate surface area is 155 Å². The molecule has 2 N–H and O–H groups in total. The minimum Gasteiger partial charge on any atom is -0.362 e. The maximum absolute atomic E-state index is 5.34.